The van der Waals surface area contributed by atoms with E-state index < -0.39 is 5.97 Å². The third-order valence-electron chi connectivity index (χ3n) is 4.76. The highest BCUT2D eigenvalue weighted by Gasteiger charge is 2.22. The summed E-state index contributed by atoms with van der Waals surface area (Å²) in [4.78, 5) is 30.1. The van der Waals surface area contributed by atoms with Gasteiger partial charge >= 0.3 is 5.97 Å². The Morgan fingerprint density at radius 1 is 1.06 bits per heavy atom. The van der Waals surface area contributed by atoms with Gasteiger partial charge in [-0.3, -0.25) is 10.1 Å². The van der Waals surface area contributed by atoms with Gasteiger partial charge in [0.25, 0.3) is 5.91 Å². The molecule has 0 fully saturated rings. The number of nitrogens with one attached hydrogen (secondary N) is 1. The highest BCUT2D eigenvalue weighted by atomic mass is 32.1. The SMILES string of the molecule is COC(=O)c1nc(NC(=O)c2cnn(-c3ccccc3)c2C)sc1Cc1ccccc1. The molecule has 0 spiro atoms. The number of methoxy groups -OCH3 is 1. The van der Waals surface area contributed by atoms with Gasteiger partial charge in [-0.1, -0.05) is 48.5 Å². The molecule has 4 aromatic rings. The van der Waals surface area contributed by atoms with Gasteiger partial charge in [0.2, 0.25) is 0 Å². The van der Waals surface area contributed by atoms with Crippen LogP contribution in [-0.4, -0.2) is 33.8 Å². The summed E-state index contributed by atoms with van der Waals surface area (Å²) in [5, 5.41) is 7.47. The Hall–Kier alpha value is -3.78. The maximum absolute atomic E-state index is 12.9. The number of carbonyl (C=O) groups excluding carboxylic acids is 2. The van der Waals surface area contributed by atoms with Gasteiger partial charge in [0.15, 0.2) is 10.8 Å². The number of aromatic nitrogens is 3. The molecule has 156 valence electrons. The van der Waals surface area contributed by atoms with Gasteiger partial charge in [-0.15, -0.1) is 11.3 Å². The van der Waals surface area contributed by atoms with Crippen LogP contribution in [0.1, 0.15) is 37.0 Å². The van der Waals surface area contributed by atoms with Crippen LogP contribution in [0.15, 0.2) is 66.9 Å². The minimum absolute atomic E-state index is 0.211. The molecule has 2 heterocycles. The van der Waals surface area contributed by atoms with E-state index in [2.05, 4.69) is 15.4 Å². The predicted octanol–water partition coefficient (Wildman–Crippen LogP) is 4.27. The first-order chi connectivity index (χ1) is 15.1. The molecule has 1 N–H and O–H groups in total. The van der Waals surface area contributed by atoms with Gasteiger partial charge in [-0.25, -0.2) is 14.5 Å². The van der Waals surface area contributed by atoms with E-state index in [-0.39, 0.29) is 11.6 Å². The molecule has 0 bridgehead atoms. The van der Waals surface area contributed by atoms with Gasteiger partial charge < -0.3 is 4.74 Å². The molecule has 31 heavy (non-hydrogen) atoms. The first-order valence-corrected chi connectivity index (χ1v) is 10.4. The molecule has 0 radical (unpaired) electrons. The first-order valence-electron chi connectivity index (χ1n) is 9.60. The van der Waals surface area contributed by atoms with E-state index in [0.29, 0.717) is 22.8 Å². The van der Waals surface area contributed by atoms with Crippen LogP contribution in [0.3, 0.4) is 0 Å². The Morgan fingerprint density at radius 3 is 2.42 bits per heavy atom. The summed E-state index contributed by atoms with van der Waals surface area (Å²) in [6, 6.07) is 19.3. The number of hydrogen-bond acceptors (Lipinski definition) is 6. The average molecular weight is 433 g/mol. The number of carbonyl (C=O) groups is 2. The maximum Gasteiger partial charge on any atom is 0.357 e. The molecule has 0 atom stereocenters. The Morgan fingerprint density at radius 2 is 1.74 bits per heavy atom. The van der Waals surface area contributed by atoms with Crippen LogP contribution >= 0.6 is 11.3 Å². The third-order valence-corrected chi connectivity index (χ3v) is 5.73. The number of anilines is 1. The smallest absolute Gasteiger partial charge is 0.357 e. The van der Waals surface area contributed by atoms with Crippen LogP contribution in [0.2, 0.25) is 0 Å². The van der Waals surface area contributed by atoms with Crippen molar-refractivity contribution in [2.75, 3.05) is 12.4 Å². The van der Waals surface area contributed by atoms with Crippen molar-refractivity contribution in [2.45, 2.75) is 13.3 Å². The fourth-order valence-corrected chi connectivity index (χ4v) is 4.17. The Balaban J connectivity index is 1.59. The average Bonchev–Trinajstić information content (AvgIpc) is 3.37. The van der Waals surface area contributed by atoms with E-state index in [1.165, 1.54) is 24.6 Å². The van der Waals surface area contributed by atoms with Crippen molar-refractivity contribution in [1.29, 1.82) is 0 Å². The van der Waals surface area contributed by atoms with Crippen LogP contribution in [0.4, 0.5) is 5.13 Å². The topological polar surface area (TPSA) is 86.1 Å². The van der Waals surface area contributed by atoms with E-state index in [1.54, 1.807) is 4.68 Å². The third kappa shape index (κ3) is 4.39. The van der Waals surface area contributed by atoms with Crippen LogP contribution in [0.5, 0.6) is 0 Å². The van der Waals surface area contributed by atoms with Crippen LogP contribution in [0.25, 0.3) is 5.69 Å². The summed E-state index contributed by atoms with van der Waals surface area (Å²) in [6.07, 6.45) is 2.04. The fourth-order valence-electron chi connectivity index (χ4n) is 3.19. The van der Waals surface area contributed by atoms with Crippen molar-refractivity contribution in [3.05, 3.63) is 94.3 Å². The number of ether oxygens (including phenoxy) is 1. The number of para-hydroxylation sites is 1. The largest absolute Gasteiger partial charge is 0.464 e. The standard InChI is InChI=1S/C23H20N4O3S/c1-15-18(14-24-27(15)17-11-7-4-8-12-17)21(28)26-23-25-20(22(29)30-2)19(31-23)13-16-9-5-3-6-10-16/h3-12,14H,13H2,1-2H3,(H,25,26,28). The summed E-state index contributed by atoms with van der Waals surface area (Å²) in [6.45, 7) is 1.83. The van der Waals surface area contributed by atoms with E-state index in [1.807, 2.05) is 67.6 Å². The Labute approximate surface area is 183 Å². The van der Waals surface area contributed by atoms with E-state index in [9.17, 15) is 9.59 Å². The minimum Gasteiger partial charge on any atom is -0.464 e. The Bertz CT molecular complexity index is 1220. The molecule has 7 nitrogen and oxygen atoms in total. The quantitative estimate of drug-likeness (QED) is 0.460. The number of amides is 1. The lowest BCUT2D eigenvalue weighted by Crippen LogP contribution is -2.13. The minimum atomic E-state index is -0.532. The highest BCUT2D eigenvalue weighted by Crippen LogP contribution is 2.27. The lowest BCUT2D eigenvalue weighted by molar-refractivity contribution is 0.0593. The van der Waals surface area contributed by atoms with Crippen molar-refractivity contribution in [3.8, 4) is 5.69 Å². The molecule has 2 aromatic heterocycles. The van der Waals surface area contributed by atoms with E-state index in [4.69, 9.17) is 4.74 Å². The molecule has 4 rings (SSSR count). The maximum atomic E-state index is 12.9. The van der Waals surface area contributed by atoms with Crippen molar-refractivity contribution in [2.24, 2.45) is 0 Å². The molecule has 2 aromatic carbocycles. The number of thiazole rings is 1. The lowest BCUT2D eigenvalue weighted by Gasteiger charge is -2.05. The van der Waals surface area contributed by atoms with Gasteiger partial charge in [-0.2, -0.15) is 5.10 Å². The monoisotopic (exact) mass is 432 g/mol. The van der Waals surface area contributed by atoms with Gasteiger partial charge in [0, 0.05) is 11.3 Å². The molecule has 0 saturated heterocycles. The van der Waals surface area contributed by atoms with Gasteiger partial charge in [0.1, 0.15) is 0 Å². The van der Waals surface area contributed by atoms with E-state index >= 15 is 0 Å². The fraction of sp³-hybridized carbons (Fsp3) is 0.130. The zero-order chi connectivity index (χ0) is 21.8. The summed E-state index contributed by atoms with van der Waals surface area (Å²) in [5.74, 6) is -0.869. The number of hydrogen-bond donors (Lipinski definition) is 1. The van der Waals surface area contributed by atoms with Crippen molar-refractivity contribution in [1.82, 2.24) is 14.8 Å². The molecule has 0 aliphatic heterocycles. The molecular weight excluding hydrogens is 412 g/mol. The Kier molecular flexibility index (Phi) is 5.90. The number of esters is 1. The molecular formula is C23H20N4O3S. The zero-order valence-corrected chi connectivity index (χ0v) is 17.8. The summed E-state index contributed by atoms with van der Waals surface area (Å²) in [7, 11) is 1.31. The summed E-state index contributed by atoms with van der Waals surface area (Å²) >= 11 is 1.26. The second-order valence-corrected chi connectivity index (χ2v) is 7.87. The van der Waals surface area contributed by atoms with Crippen molar-refractivity contribution < 1.29 is 14.3 Å². The number of rotatable bonds is 6. The van der Waals surface area contributed by atoms with E-state index in [0.717, 1.165) is 16.1 Å². The normalized spacial score (nSPS) is 10.6. The van der Waals surface area contributed by atoms with Crippen LogP contribution in [-0.2, 0) is 11.2 Å². The molecule has 0 aliphatic carbocycles. The molecule has 0 unspecified atom stereocenters. The molecule has 0 saturated carbocycles. The number of benzene rings is 2. The van der Waals surface area contributed by atoms with Gasteiger partial charge in [-0.05, 0) is 24.6 Å². The van der Waals surface area contributed by atoms with Crippen molar-refractivity contribution in [3.63, 3.8) is 0 Å². The van der Waals surface area contributed by atoms with Crippen molar-refractivity contribution >= 4 is 28.3 Å². The van der Waals surface area contributed by atoms with Crippen LogP contribution in [0, 0.1) is 6.92 Å². The second kappa shape index (κ2) is 8.93. The predicted molar refractivity (Wildman–Crippen MR) is 119 cm³/mol. The first kappa shape index (κ1) is 20.5. The highest BCUT2D eigenvalue weighted by molar-refractivity contribution is 7.16. The lowest BCUT2D eigenvalue weighted by atomic mass is 10.1. The van der Waals surface area contributed by atoms with Crippen LogP contribution < -0.4 is 5.32 Å². The summed E-state index contributed by atoms with van der Waals surface area (Å²) < 4.78 is 6.57. The molecule has 0 aliphatic rings. The summed E-state index contributed by atoms with van der Waals surface area (Å²) in [5.41, 5.74) is 3.25. The van der Waals surface area contributed by atoms with Gasteiger partial charge in [0.05, 0.1) is 30.3 Å². The molecule has 1 amide bonds. The molecule has 8 heteroatoms. The second-order valence-electron chi connectivity index (χ2n) is 6.79. The zero-order valence-electron chi connectivity index (χ0n) is 17.0. The number of nitrogens with zero attached hydrogens (tertiary/aromatic N) is 3.